The van der Waals surface area contributed by atoms with E-state index in [0.717, 1.165) is 6.54 Å². The molecule has 1 aromatic carbocycles. The van der Waals surface area contributed by atoms with Crippen molar-refractivity contribution in [2.75, 3.05) is 18.9 Å². The molecule has 0 aromatic heterocycles. The van der Waals surface area contributed by atoms with E-state index in [2.05, 4.69) is 62.6 Å². The van der Waals surface area contributed by atoms with Crippen LogP contribution in [0.2, 0.25) is 0 Å². The molecule has 0 amide bonds. The molecule has 0 aliphatic heterocycles. The van der Waals surface area contributed by atoms with E-state index >= 15 is 0 Å². The fourth-order valence-electron chi connectivity index (χ4n) is 1.33. The minimum Gasteiger partial charge on any atom is -0.383 e. The summed E-state index contributed by atoms with van der Waals surface area (Å²) in [6, 6.07) is 8.66. The Bertz CT molecular complexity index is 331. The number of benzene rings is 1. The van der Waals surface area contributed by atoms with Crippen LogP contribution < -0.4 is 10.6 Å². The van der Waals surface area contributed by atoms with Crippen LogP contribution >= 0.6 is 11.8 Å². The Labute approximate surface area is 110 Å². The highest BCUT2D eigenvalue weighted by Crippen LogP contribution is 2.24. The van der Waals surface area contributed by atoms with Gasteiger partial charge in [0.05, 0.1) is 0 Å². The van der Waals surface area contributed by atoms with Crippen molar-refractivity contribution >= 4 is 17.4 Å². The molecular weight excluding hydrogens is 228 g/mol. The Morgan fingerprint density at radius 3 is 2.24 bits per heavy atom. The molecule has 0 atom stereocenters. The van der Waals surface area contributed by atoms with E-state index in [9.17, 15) is 0 Å². The Morgan fingerprint density at radius 2 is 1.76 bits per heavy atom. The SMILES string of the molecule is CNC(C)(C)CNc1ccc(SC(C)C)cc1. The van der Waals surface area contributed by atoms with Crippen molar-refractivity contribution in [2.24, 2.45) is 0 Å². The van der Waals surface area contributed by atoms with E-state index in [1.807, 2.05) is 18.8 Å². The quantitative estimate of drug-likeness (QED) is 0.757. The van der Waals surface area contributed by atoms with Crippen LogP contribution in [0, 0.1) is 0 Å². The van der Waals surface area contributed by atoms with E-state index in [4.69, 9.17) is 0 Å². The second-order valence-electron chi connectivity index (χ2n) is 5.18. The second-order valence-corrected chi connectivity index (χ2v) is 6.83. The monoisotopic (exact) mass is 252 g/mol. The zero-order chi connectivity index (χ0) is 12.9. The molecule has 0 saturated carbocycles. The predicted octanol–water partition coefficient (Wildman–Crippen LogP) is 3.60. The minimum atomic E-state index is 0.116. The van der Waals surface area contributed by atoms with Gasteiger partial charge in [-0.05, 0) is 45.2 Å². The van der Waals surface area contributed by atoms with Crippen LogP contribution in [0.25, 0.3) is 0 Å². The number of thioether (sulfide) groups is 1. The largest absolute Gasteiger partial charge is 0.383 e. The smallest absolute Gasteiger partial charge is 0.0341 e. The lowest BCUT2D eigenvalue weighted by atomic mass is 10.1. The first-order valence-electron chi connectivity index (χ1n) is 6.12. The van der Waals surface area contributed by atoms with Crippen molar-refractivity contribution in [3.05, 3.63) is 24.3 Å². The van der Waals surface area contributed by atoms with Crippen molar-refractivity contribution in [3.8, 4) is 0 Å². The topological polar surface area (TPSA) is 24.1 Å². The van der Waals surface area contributed by atoms with E-state index in [1.165, 1.54) is 10.6 Å². The number of likely N-dealkylation sites (N-methyl/N-ethyl adjacent to an activating group) is 1. The first-order chi connectivity index (χ1) is 7.93. The molecule has 0 radical (unpaired) electrons. The average molecular weight is 252 g/mol. The van der Waals surface area contributed by atoms with Gasteiger partial charge in [-0.1, -0.05) is 13.8 Å². The Kier molecular flexibility index (Phi) is 5.34. The van der Waals surface area contributed by atoms with Gasteiger partial charge in [-0.15, -0.1) is 11.8 Å². The summed E-state index contributed by atoms with van der Waals surface area (Å²) in [7, 11) is 1.99. The second kappa shape index (κ2) is 6.31. The summed E-state index contributed by atoms with van der Waals surface area (Å²) in [6.07, 6.45) is 0. The van der Waals surface area contributed by atoms with Crippen molar-refractivity contribution in [2.45, 2.75) is 43.4 Å². The Balaban J connectivity index is 2.51. The third kappa shape index (κ3) is 5.46. The molecule has 2 nitrogen and oxygen atoms in total. The highest BCUT2D eigenvalue weighted by molar-refractivity contribution is 7.99. The maximum absolute atomic E-state index is 3.44. The average Bonchev–Trinajstić information content (AvgIpc) is 2.28. The summed E-state index contributed by atoms with van der Waals surface area (Å²) in [5.41, 5.74) is 1.30. The molecule has 1 aromatic rings. The van der Waals surface area contributed by atoms with Gasteiger partial charge in [-0.2, -0.15) is 0 Å². The maximum Gasteiger partial charge on any atom is 0.0341 e. The molecule has 0 fully saturated rings. The van der Waals surface area contributed by atoms with Crippen LogP contribution in [0.5, 0.6) is 0 Å². The van der Waals surface area contributed by atoms with Gasteiger partial charge in [0.1, 0.15) is 0 Å². The van der Waals surface area contributed by atoms with Crippen LogP contribution in [0.4, 0.5) is 5.69 Å². The standard InChI is InChI=1S/C14H24N2S/c1-11(2)17-13-8-6-12(7-9-13)16-10-14(3,4)15-5/h6-9,11,15-16H,10H2,1-5H3. The van der Waals surface area contributed by atoms with Gasteiger partial charge >= 0.3 is 0 Å². The molecule has 0 saturated heterocycles. The van der Waals surface area contributed by atoms with Gasteiger partial charge in [-0.3, -0.25) is 0 Å². The lowest BCUT2D eigenvalue weighted by molar-refractivity contribution is 0.448. The molecule has 0 heterocycles. The van der Waals surface area contributed by atoms with Crippen LogP contribution in [-0.4, -0.2) is 24.4 Å². The van der Waals surface area contributed by atoms with E-state index < -0.39 is 0 Å². The molecule has 96 valence electrons. The fraction of sp³-hybridized carbons (Fsp3) is 0.571. The molecule has 0 aliphatic rings. The minimum absolute atomic E-state index is 0.116. The van der Waals surface area contributed by atoms with Gasteiger partial charge in [0.15, 0.2) is 0 Å². The first kappa shape index (κ1) is 14.4. The van der Waals surface area contributed by atoms with Crippen LogP contribution in [0.1, 0.15) is 27.7 Å². The molecule has 3 heteroatoms. The lowest BCUT2D eigenvalue weighted by Gasteiger charge is -2.24. The highest BCUT2D eigenvalue weighted by Gasteiger charge is 2.13. The van der Waals surface area contributed by atoms with E-state index in [1.54, 1.807) is 0 Å². The number of rotatable bonds is 6. The van der Waals surface area contributed by atoms with Gasteiger partial charge in [0.2, 0.25) is 0 Å². The summed E-state index contributed by atoms with van der Waals surface area (Å²) < 4.78 is 0. The molecule has 17 heavy (non-hydrogen) atoms. The van der Waals surface area contributed by atoms with Crippen molar-refractivity contribution < 1.29 is 0 Å². The summed E-state index contributed by atoms with van der Waals surface area (Å²) in [5.74, 6) is 0. The first-order valence-corrected chi connectivity index (χ1v) is 7.00. The lowest BCUT2D eigenvalue weighted by Crippen LogP contribution is -2.42. The van der Waals surface area contributed by atoms with Crippen molar-refractivity contribution in [1.29, 1.82) is 0 Å². The number of hydrogen-bond acceptors (Lipinski definition) is 3. The zero-order valence-corrected chi connectivity index (χ0v) is 12.3. The zero-order valence-electron chi connectivity index (χ0n) is 11.5. The van der Waals surface area contributed by atoms with Gasteiger partial charge in [-0.25, -0.2) is 0 Å². The molecule has 0 aliphatic carbocycles. The van der Waals surface area contributed by atoms with Crippen molar-refractivity contribution in [3.63, 3.8) is 0 Å². The third-order valence-electron chi connectivity index (χ3n) is 2.64. The summed E-state index contributed by atoms with van der Waals surface area (Å²) in [6.45, 7) is 9.71. The highest BCUT2D eigenvalue weighted by atomic mass is 32.2. The van der Waals surface area contributed by atoms with Crippen LogP contribution in [-0.2, 0) is 0 Å². The number of hydrogen-bond donors (Lipinski definition) is 2. The molecule has 2 N–H and O–H groups in total. The normalized spacial score (nSPS) is 11.9. The van der Waals surface area contributed by atoms with Gasteiger partial charge < -0.3 is 10.6 Å². The van der Waals surface area contributed by atoms with Crippen molar-refractivity contribution in [1.82, 2.24) is 5.32 Å². The van der Waals surface area contributed by atoms with Gasteiger partial charge in [0, 0.05) is 27.9 Å². The summed E-state index contributed by atoms with van der Waals surface area (Å²) >= 11 is 1.90. The number of anilines is 1. The third-order valence-corrected chi connectivity index (χ3v) is 3.65. The number of nitrogens with one attached hydrogen (secondary N) is 2. The molecule has 0 unspecified atom stereocenters. The predicted molar refractivity (Wildman–Crippen MR) is 79.1 cm³/mol. The summed E-state index contributed by atoms with van der Waals surface area (Å²) in [4.78, 5) is 1.33. The van der Waals surface area contributed by atoms with E-state index in [0.29, 0.717) is 5.25 Å². The molecule has 0 bridgehead atoms. The maximum atomic E-state index is 3.44. The Morgan fingerprint density at radius 1 is 1.18 bits per heavy atom. The molecular formula is C14H24N2S. The van der Waals surface area contributed by atoms with E-state index in [-0.39, 0.29) is 5.54 Å². The summed E-state index contributed by atoms with van der Waals surface area (Å²) in [5, 5.41) is 7.36. The van der Waals surface area contributed by atoms with Crippen LogP contribution in [0.15, 0.2) is 29.2 Å². The Hall–Kier alpha value is -0.670. The molecule has 1 rings (SSSR count). The van der Waals surface area contributed by atoms with Crippen LogP contribution in [0.3, 0.4) is 0 Å². The fourth-order valence-corrected chi connectivity index (χ4v) is 2.17. The van der Waals surface area contributed by atoms with Gasteiger partial charge in [0.25, 0.3) is 0 Å². The molecule has 0 spiro atoms.